The standard InChI is InChI=1S/C16H15Cl2N3O2/c1-2-15(23)21-7-10(8-21)19-14(22)9-20-6-5-11-13(20)4-3-12(17)16(11)18/h2-6,10H,1,7-9H2,(H,19,22). The van der Waals surface area contributed by atoms with E-state index in [2.05, 4.69) is 11.9 Å². The van der Waals surface area contributed by atoms with E-state index in [9.17, 15) is 9.59 Å². The number of nitrogens with zero attached hydrogens (tertiary/aromatic N) is 2. The zero-order chi connectivity index (χ0) is 16.6. The number of carbonyl (C=O) groups is 2. The molecule has 120 valence electrons. The summed E-state index contributed by atoms with van der Waals surface area (Å²) in [5.74, 6) is -0.220. The third kappa shape index (κ3) is 3.07. The van der Waals surface area contributed by atoms with E-state index in [1.165, 1.54) is 6.08 Å². The van der Waals surface area contributed by atoms with Crippen LogP contribution in [-0.4, -0.2) is 40.4 Å². The van der Waals surface area contributed by atoms with Gasteiger partial charge in [0.05, 0.1) is 21.6 Å². The second kappa shape index (κ2) is 6.26. The fraction of sp³-hybridized carbons (Fsp3) is 0.250. The predicted octanol–water partition coefficient (Wildman–Crippen LogP) is 2.46. The first-order valence-corrected chi connectivity index (χ1v) is 7.88. The van der Waals surface area contributed by atoms with Crippen molar-refractivity contribution in [3.63, 3.8) is 0 Å². The maximum absolute atomic E-state index is 12.1. The summed E-state index contributed by atoms with van der Waals surface area (Å²) in [6.45, 7) is 4.66. The first-order valence-electron chi connectivity index (χ1n) is 7.13. The second-order valence-corrected chi connectivity index (χ2v) is 6.23. The quantitative estimate of drug-likeness (QED) is 0.860. The SMILES string of the molecule is C=CC(=O)N1CC(NC(=O)Cn2ccc3c(Cl)c(Cl)ccc32)C1. The molecule has 5 nitrogen and oxygen atoms in total. The van der Waals surface area contributed by atoms with Crippen molar-refractivity contribution < 1.29 is 9.59 Å². The minimum Gasteiger partial charge on any atom is -0.348 e. The molecule has 2 aromatic rings. The molecule has 1 fully saturated rings. The highest BCUT2D eigenvalue weighted by Crippen LogP contribution is 2.31. The Kier molecular flexibility index (Phi) is 4.33. The second-order valence-electron chi connectivity index (χ2n) is 5.45. The average molecular weight is 352 g/mol. The highest BCUT2D eigenvalue weighted by atomic mass is 35.5. The summed E-state index contributed by atoms with van der Waals surface area (Å²) in [5, 5.41) is 4.70. The lowest BCUT2D eigenvalue weighted by atomic mass is 10.1. The molecular formula is C16H15Cl2N3O2. The number of nitrogens with one attached hydrogen (secondary N) is 1. The topological polar surface area (TPSA) is 54.3 Å². The van der Waals surface area contributed by atoms with Crippen LogP contribution >= 0.6 is 23.2 Å². The number of halogens is 2. The summed E-state index contributed by atoms with van der Waals surface area (Å²) >= 11 is 12.1. The molecule has 1 aliphatic rings. The Bertz CT molecular complexity index is 794. The zero-order valence-electron chi connectivity index (χ0n) is 12.3. The third-order valence-electron chi connectivity index (χ3n) is 3.89. The highest BCUT2D eigenvalue weighted by molar-refractivity contribution is 6.45. The first kappa shape index (κ1) is 15.9. The van der Waals surface area contributed by atoms with Crippen molar-refractivity contribution in [2.45, 2.75) is 12.6 Å². The summed E-state index contributed by atoms with van der Waals surface area (Å²) in [5.41, 5.74) is 0.853. The van der Waals surface area contributed by atoms with Crippen molar-refractivity contribution >= 4 is 45.9 Å². The molecule has 0 aliphatic carbocycles. The van der Waals surface area contributed by atoms with Gasteiger partial charge in [0, 0.05) is 24.7 Å². The molecule has 0 saturated carbocycles. The monoisotopic (exact) mass is 351 g/mol. The Balaban J connectivity index is 1.62. The van der Waals surface area contributed by atoms with Crippen LogP contribution in [0.15, 0.2) is 37.1 Å². The first-order chi connectivity index (χ1) is 11.0. The van der Waals surface area contributed by atoms with Crippen molar-refractivity contribution in [1.29, 1.82) is 0 Å². The molecule has 1 N–H and O–H groups in total. The van der Waals surface area contributed by atoms with Gasteiger partial charge in [-0.25, -0.2) is 0 Å². The summed E-state index contributed by atoms with van der Waals surface area (Å²) < 4.78 is 1.82. The number of hydrogen-bond donors (Lipinski definition) is 1. The molecule has 0 spiro atoms. The minimum absolute atomic E-state index is 0.00809. The lowest BCUT2D eigenvalue weighted by molar-refractivity contribution is -0.133. The lowest BCUT2D eigenvalue weighted by Crippen LogP contribution is -2.61. The van der Waals surface area contributed by atoms with Crippen LogP contribution in [0.25, 0.3) is 10.9 Å². The minimum atomic E-state index is -0.113. The Morgan fingerprint density at radius 3 is 2.74 bits per heavy atom. The number of likely N-dealkylation sites (tertiary alicyclic amines) is 1. The summed E-state index contributed by atoms with van der Waals surface area (Å²) in [6.07, 6.45) is 3.08. The van der Waals surface area contributed by atoms with Crippen molar-refractivity contribution in [2.24, 2.45) is 0 Å². The molecule has 1 aromatic carbocycles. The fourth-order valence-electron chi connectivity index (χ4n) is 2.65. The van der Waals surface area contributed by atoms with E-state index < -0.39 is 0 Å². The van der Waals surface area contributed by atoms with Crippen molar-refractivity contribution in [3.05, 3.63) is 47.1 Å². The van der Waals surface area contributed by atoms with Crippen LogP contribution in [0, 0.1) is 0 Å². The lowest BCUT2D eigenvalue weighted by Gasteiger charge is -2.38. The van der Waals surface area contributed by atoms with Crippen LogP contribution in [0.5, 0.6) is 0 Å². The Morgan fingerprint density at radius 1 is 1.30 bits per heavy atom. The average Bonchev–Trinajstić information content (AvgIpc) is 2.89. The van der Waals surface area contributed by atoms with Gasteiger partial charge in [-0.2, -0.15) is 0 Å². The molecule has 2 heterocycles. The predicted molar refractivity (Wildman–Crippen MR) is 90.7 cm³/mol. The van der Waals surface area contributed by atoms with Gasteiger partial charge < -0.3 is 14.8 Å². The molecule has 3 rings (SSSR count). The van der Waals surface area contributed by atoms with Crippen molar-refractivity contribution in [3.8, 4) is 0 Å². The Labute approximate surface area is 143 Å². The van der Waals surface area contributed by atoms with Gasteiger partial charge in [0.1, 0.15) is 6.54 Å². The number of amides is 2. The van der Waals surface area contributed by atoms with Crippen LogP contribution < -0.4 is 5.32 Å². The summed E-state index contributed by atoms with van der Waals surface area (Å²) in [4.78, 5) is 25.1. The number of carbonyl (C=O) groups excluding carboxylic acids is 2. The van der Waals surface area contributed by atoms with E-state index in [0.29, 0.717) is 23.1 Å². The normalized spacial score (nSPS) is 14.6. The van der Waals surface area contributed by atoms with E-state index in [0.717, 1.165) is 10.9 Å². The molecule has 1 saturated heterocycles. The molecule has 1 aliphatic heterocycles. The van der Waals surface area contributed by atoms with Crippen molar-refractivity contribution in [1.82, 2.24) is 14.8 Å². The molecule has 2 amide bonds. The van der Waals surface area contributed by atoms with E-state index in [1.54, 1.807) is 17.2 Å². The van der Waals surface area contributed by atoms with Crippen LogP contribution in [0.3, 0.4) is 0 Å². The van der Waals surface area contributed by atoms with E-state index in [1.807, 2.05) is 16.7 Å². The summed E-state index contributed by atoms with van der Waals surface area (Å²) in [6, 6.07) is 5.38. The maximum atomic E-state index is 12.1. The van der Waals surface area contributed by atoms with Gasteiger partial charge in [0.2, 0.25) is 11.8 Å². The number of fused-ring (bicyclic) bond motifs is 1. The maximum Gasteiger partial charge on any atom is 0.246 e. The van der Waals surface area contributed by atoms with E-state index in [-0.39, 0.29) is 24.4 Å². The highest BCUT2D eigenvalue weighted by Gasteiger charge is 2.30. The molecule has 23 heavy (non-hydrogen) atoms. The smallest absolute Gasteiger partial charge is 0.246 e. The number of hydrogen-bond acceptors (Lipinski definition) is 2. The molecule has 0 radical (unpaired) electrons. The molecule has 0 bridgehead atoms. The molecular weight excluding hydrogens is 337 g/mol. The zero-order valence-corrected chi connectivity index (χ0v) is 13.8. The van der Waals surface area contributed by atoms with E-state index in [4.69, 9.17) is 23.2 Å². The van der Waals surface area contributed by atoms with Gasteiger partial charge in [-0.05, 0) is 24.3 Å². The van der Waals surface area contributed by atoms with Crippen LogP contribution in [0.4, 0.5) is 0 Å². The molecule has 7 heteroatoms. The molecule has 1 aromatic heterocycles. The van der Waals surface area contributed by atoms with Crippen LogP contribution in [-0.2, 0) is 16.1 Å². The van der Waals surface area contributed by atoms with Gasteiger partial charge in [0.15, 0.2) is 0 Å². The number of rotatable bonds is 4. The van der Waals surface area contributed by atoms with Crippen molar-refractivity contribution in [2.75, 3.05) is 13.1 Å². The van der Waals surface area contributed by atoms with Crippen LogP contribution in [0.2, 0.25) is 10.0 Å². The molecule has 0 atom stereocenters. The fourth-order valence-corrected chi connectivity index (χ4v) is 3.04. The van der Waals surface area contributed by atoms with E-state index >= 15 is 0 Å². The van der Waals surface area contributed by atoms with Gasteiger partial charge in [-0.15, -0.1) is 0 Å². The van der Waals surface area contributed by atoms with Crippen LogP contribution in [0.1, 0.15) is 0 Å². The third-order valence-corrected chi connectivity index (χ3v) is 4.71. The Hall–Kier alpha value is -1.98. The largest absolute Gasteiger partial charge is 0.348 e. The van der Waals surface area contributed by atoms with Gasteiger partial charge >= 0.3 is 0 Å². The Morgan fingerprint density at radius 2 is 2.04 bits per heavy atom. The van der Waals surface area contributed by atoms with Gasteiger partial charge in [0.25, 0.3) is 0 Å². The number of benzene rings is 1. The van der Waals surface area contributed by atoms with Gasteiger partial charge in [-0.3, -0.25) is 9.59 Å². The van der Waals surface area contributed by atoms with Gasteiger partial charge in [-0.1, -0.05) is 29.8 Å². The number of aromatic nitrogens is 1. The molecule has 0 unspecified atom stereocenters. The summed E-state index contributed by atoms with van der Waals surface area (Å²) in [7, 11) is 0.